The van der Waals surface area contributed by atoms with Gasteiger partial charge in [0, 0.05) is 6.42 Å². The average Bonchev–Trinajstić information content (AvgIpc) is 3.34. The van der Waals surface area contributed by atoms with E-state index >= 15 is 0 Å². The largest absolute Gasteiger partial charge is 0.462 e. The molecule has 3 unspecified atom stereocenters. The number of unbranched alkanes of at least 4 members (excludes halogenated alkanes) is 35. The SMILES string of the molecule is CCCCC/C=C\C/C=C\C/C=C\CCCCCCCCC(=O)OC(CCCCC/C=C/CCCCCCCCC)CC(=O)NC(CO)C(O)CCCCCCCCCCCCCCCCCCC. The Labute approximate surface area is 429 Å². The molecular formula is C63H117NO5. The summed E-state index contributed by atoms with van der Waals surface area (Å²) < 4.78 is 5.96. The van der Waals surface area contributed by atoms with Crippen LogP contribution in [0, 0.1) is 0 Å². The molecule has 0 saturated heterocycles. The zero-order valence-corrected chi connectivity index (χ0v) is 46.2. The van der Waals surface area contributed by atoms with Crippen molar-refractivity contribution in [2.45, 2.75) is 334 Å². The number of hydrogen-bond acceptors (Lipinski definition) is 5. The van der Waals surface area contributed by atoms with Gasteiger partial charge in [-0.25, -0.2) is 0 Å². The molecule has 0 heterocycles. The minimum Gasteiger partial charge on any atom is -0.462 e. The summed E-state index contributed by atoms with van der Waals surface area (Å²) in [5.41, 5.74) is 0. The van der Waals surface area contributed by atoms with Gasteiger partial charge in [0.1, 0.15) is 6.10 Å². The fourth-order valence-electron chi connectivity index (χ4n) is 9.26. The fourth-order valence-corrected chi connectivity index (χ4v) is 9.26. The van der Waals surface area contributed by atoms with Crippen LogP contribution >= 0.6 is 0 Å². The summed E-state index contributed by atoms with van der Waals surface area (Å²) in [4.78, 5) is 26.3. The van der Waals surface area contributed by atoms with Gasteiger partial charge in [0.15, 0.2) is 0 Å². The number of ether oxygens (including phenoxy) is 1. The van der Waals surface area contributed by atoms with E-state index in [0.29, 0.717) is 19.3 Å². The summed E-state index contributed by atoms with van der Waals surface area (Å²) in [7, 11) is 0. The number of amides is 1. The van der Waals surface area contributed by atoms with Gasteiger partial charge in [0.25, 0.3) is 0 Å². The molecule has 0 aromatic rings. The first-order valence-corrected chi connectivity index (χ1v) is 30.4. The van der Waals surface area contributed by atoms with Crippen LogP contribution < -0.4 is 5.32 Å². The molecule has 6 heteroatoms. The highest BCUT2D eigenvalue weighted by Gasteiger charge is 2.24. The second-order valence-corrected chi connectivity index (χ2v) is 20.7. The van der Waals surface area contributed by atoms with Crippen molar-refractivity contribution in [2.75, 3.05) is 6.61 Å². The molecule has 0 rings (SSSR count). The molecule has 0 aliphatic carbocycles. The van der Waals surface area contributed by atoms with Crippen molar-refractivity contribution in [2.24, 2.45) is 0 Å². The molecule has 0 aliphatic rings. The molecular weight excluding hydrogens is 851 g/mol. The lowest BCUT2D eigenvalue weighted by Gasteiger charge is -2.24. The van der Waals surface area contributed by atoms with E-state index < -0.39 is 18.2 Å². The van der Waals surface area contributed by atoms with E-state index in [2.05, 4.69) is 74.7 Å². The molecule has 0 bridgehead atoms. The van der Waals surface area contributed by atoms with E-state index in [1.165, 1.54) is 180 Å². The molecule has 6 nitrogen and oxygen atoms in total. The molecule has 0 radical (unpaired) electrons. The molecule has 0 aliphatic heterocycles. The lowest BCUT2D eigenvalue weighted by molar-refractivity contribution is -0.151. The highest BCUT2D eigenvalue weighted by molar-refractivity contribution is 5.77. The number of esters is 1. The summed E-state index contributed by atoms with van der Waals surface area (Å²) >= 11 is 0. The summed E-state index contributed by atoms with van der Waals surface area (Å²) in [6, 6.07) is -0.710. The lowest BCUT2D eigenvalue weighted by Crippen LogP contribution is -2.46. The van der Waals surface area contributed by atoms with E-state index in [9.17, 15) is 19.8 Å². The first-order valence-electron chi connectivity index (χ1n) is 30.4. The normalized spacial score (nSPS) is 13.4. The van der Waals surface area contributed by atoms with Gasteiger partial charge in [-0.15, -0.1) is 0 Å². The van der Waals surface area contributed by atoms with Crippen LogP contribution in [0.1, 0.15) is 316 Å². The highest BCUT2D eigenvalue weighted by atomic mass is 16.5. The molecule has 69 heavy (non-hydrogen) atoms. The standard InChI is InChI=1S/C63H117NO5/c1-4-7-10-13-16-19-22-25-28-30-31-33-35-38-41-44-47-50-53-56-63(68)69-59(54-51-48-45-42-39-36-27-24-21-18-15-12-9-6-3)57-62(67)64-60(58-65)61(66)55-52-49-46-43-40-37-34-32-29-26-23-20-17-14-11-8-5-2/h16,19,25,28,31,33,36,39,59-61,65-66H,4-15,17-18,20-24,26-27,29-30,32,34-35,37-38,40-58H2,1-3H3,(H,64,67)/b19-16-,28-25-,33-31-,39-36+. The van der Waals surface area contributed by atoms with E-state index in [1.54, 1.807) is 0 Å². The molecule has 0 aromatic heterocycles. The van der Waals surface area contributed by atoms with Crippen molar-refractivity contribution >= 4 is 11.9 Å². The number of allylic oxidation sites excluding steroid dienone is 8. The first-order chi connectivity index (χ1) is 34.0. The number of aliphatic hydroxyl groups is 2. The molecule has 0 fully saturated rings. The summed E-state index contributed by atoms with van der Waals surface area (Å²) in [5.74, 6) is -0.491. The number of hydrogen-bond donors (Lipinski definition) is 3. The zero-order chi connectivity index (χ0) is 50.2. The van der Waals surface area contributed by atoms with Crippen LogP contribution in [0.15, 0.2) is 48.6 Å². The maximum absolute atomic E-state index is 13.3. The highest BCUT2D eigenvalue weighted by Crippen LogP contribution is 2.18. The third kappa shape index (κ3) is 52.0. The number of carbonyl (C=O) groups excluding carboxylic acids is 2. The molecule has 1 amide bonds. The van der Waals surface area contributed by atoms with Crippen molar-refractivity contribution in [1.29, 1.82) is 0 Å². The van der Waals surface area contributed by atoms with Crippen molar-refractivity contribution in [3.05, 3.63) is 48.6 Å². The smallest absolute Gasteiger partial charge is 0.306 e. The number of nitrogens with one attached hydrogen (secondary N) is 1. The monoisotopic (exact) mass is 968 g/mol. The van der Waals surface area contributed by atoms with Crippen LogP contribution in [0.5, 0.6) is 0 Å². The van der Waals surface area contributed by atoms with Crippen LogP contribution in [0.2, 0.25) is 0 Å². The van der Waals surface area contributed by atoms with Gasteiger partial charge < -0.3 is 20.3 Å². The minimum atomic E-state index is -0.795. The number of rotatable bonds is 55. The maximum Gasteiger partial charge on any atom is 0.306 e. The van der Waals surface area contributed by atoms with E-state index in [1.807, 2.05) is 0 Å². The summed E-state index contributed by atoms with van der Waals surface area (Å²) in [6.07, 6.45) is 70.3. The lowest BCUT2D eigenvalue weighted by atomic mass is 10.0. The van der Waals surface area contributed by atoms with Crippen molar-refractivity contribution in [3.8, 4) is 0 Å². The van der Waals surface area contributed by atoms with E-state index in [-0.39, 0.29) is 24.9 Å². The van der Waals surface area contributed by atoms with Gasteiger partial charge in [-0.05, 0) is 89.9 Å². The van der Waals surface area contributed by atoms with Crippen molar-refractivity contribution in [3.63, 3.8) is 0 Å². The van der Waals surface area contributed by atoms with Gasteiger partial charge in [-0.3, -0.25) is 9.59 Å². The Kier molecular flexibility index (Phi) is 54.9. The summed E-state index contributed by atoms with van der Waals surface area (Å²) in [6.45, 7) is 6.48. The number of aliphatic hydroxyl groups excluding tert-OH is 2. The topological polar surface area (TPSA) is 95.9 Å². The quantitative estimate of drug-likeness (QED) is 0.0321. The second-order valence-electron chi connectivity index (χ2n) is 20.7. The Morgan fingerprint density at radius 2 is 0.739 bits per heavy atom. The molecule has 0 saturated carbocycles. The minimum absolute atomic E-state index is 0.0632. The predicted octanol–water partition coefficient (Wildman–Crippen LogP) is 19.0. The summed E-state index contributed by atoms with van der Waals surface area (Å²) in [5, 5.41) is 23.9. The predicted molar refractivity (Wildman–Crippen MR) is 301 cm³/mol. The van der Waals surface area contributed by atoms with Crippen molar-refractivity contribution < 1.29 is 24.5 Å². The van der Waals surface area contributed by atoms with Gasteiger partial charge >= 0.3 is 5.97 Å². The maximum atomic E-state index is 13.3. The van der Waals surface area contributed by atoms with Gasteiger partial charge in [-0.1, -0.05) is 262 Å². The van der Waals surface area contributed by atoms with Crippen molar-refractivity contribution in [1.82, 2.24) is 5.32 Å². The Morgan fingerprint density at radius 3 is 1.17 bits per heavy atom. The van der Waals surface area contributed by atoms with Crippen LogP contribution in [0.3, 0.4) is 0 Å². The first kappa shape index (κ1) is 66.8. The van der Waals surface area contributed by atoms with Crippen LogP contribution in [0.4, 0.5) is 0 Å². The Balaban J connectivity index is 4.54. The Hall–Kier alpha value is -2.18. The third-order valence-corrected chi connectivity index (χ3v) is 13.9. The van der Waals surface area contributed by atoms with Crippen LogP contribution in [-0.2, 0) is 14.3 Å². The number of carbonyl (C=O) groups is 2. The molecule has 404 valence electrons. The van der Waals surface area contributed by atoms with Crippen LogP contribution in [0.25, 0.3) is 0 Å². The van der Waals surface area contributed by atoms with Gasteiger partial charge in [-0.2, -0.15) is 0 Å². The van der Waals surface area contributed by atoms with Gasteiger partial charge in [0.05, 0.1) is 25.2 Å². The molecule has 3 atom stereocenters. The fraction of sp³-hybridized carbons (Fsp3) is 0.841. The Bertz CT molecular complexity index is 1180. The average molecular weight is 969 g/mol. The van der Waals surface area contributed by atoms with E-state index in [4.69, 9.17) is 4.74 Å². The van der Waals surface area contributed by atoms with Crippen LogP contribution in [-0.4, -0.2) is 46.9 Å². The van der Waals surface area contributed by atoms with Gasteiger partial charge in [0.2, 0.25) is 5.91 Å². The molecule has 3 N–H and O–H groups in total. The third-order valence-electron chi connectivity index (χ3n) is 13.9. The Morgan fingerprint density at radius 1 is 0.420 bits per heavy atom. The zero-order valence-electron chi connectivity index (χ0n) is 46.2. The molecule has 0 spiro atoms. The second kappa shape index (κ2) is 56.7. The molecule has 0 aromatic carbocycles. The van der Waals surface area contributed by atoms with E-state index in [0.717, 1.165) is 89.9 Å².